The first-order valence-electron chi connectivity index (χ1n) is 8.95. The molecule has 0 radical (unpaired) electrons. The van der Waals surface area contributed by atoms with Gasteiger partial charge in [-0.25, -0.2) is 0 Å². The Morgan fingerprint density at radius 3 is 2.40 bits per heavy atom. The van der Waals surface area contributed by atoms with Gasteiger partial charge in [0, 0.05) is 24.4 Å². The highest BCUT2D eigenvalue weighted by molar-refractivity contribution is 5.95. The Bertz CT molecular complexity index is 567. The maximum absolute atomic E-state index is 11.7. The highest BCUT2D eigenvalue weighted by Crippen LogP contribution is 2.21. The van der Waals surface area contributed by atoms with Crippen molar-refractivity contribution < 1.29 is 19.4 Å². The predicted molar refractivity (Wildman–Crippen MR) is 95.5 cm³/mol. The summed E-state index contributed by atoms with van der Waals surface area (Å²) in [5.41, 5.74) is 6.01. The average Bonchev–Trinajstić information content (AvgIpc) is 3.12. The third kappa shape index (κ3) is 5.83. The molecule has 0 spiro atoms. The van der Waals surface area contributed by atoms with Gasteiger partial charge in [0.05, 0.1) is 13.0 Å². The van der Waals surface area contributed by atoms with Crippen molar-refractivity contribution >= 4 is 11.7 Å². The topological polar surface area (TPSA) is 92.9 Å². The molecule has 3 N–H and O–H groups in total. The first-order valence-corrected chi connectivity index (χ1v) is 8.95. The second-order valence-corrected chi connectivity index (χ2v) is 6.58. The molecule has 138 valence electrons. The maximum Gasteiger partial charge on any atom is 0.221 e. The van der Waals surface area contributed by atoms with E-state index in [1.165, 1.54) is 0 Å². The van der Waals surface area contributed by atoms with Crippen molar-refractivity contribution in [3.8, 4) is 5.75 Å². The third-order valence-electron chi connectivity index (χ3n) is 4.64. The third-order valence-corrected chi connectivity index (χ3v) is 4.64. The number of primary amides is 1. The fraction of sp³-hybridized carbons (Fsp3) is 0.579. The average molecular weight is 348 g/mol. The summed E-state index contributed by atoms with van der Waals surface area (Å²) in [6.45, 7) is 4.45. The van der Waals surface area contributed by atoms with E-state index in [1.54, 1.807) is 24.3 Å². The molecule has 0 saturated carbocycles. The quantitative estimate of drug-likeness (QED) is 0.627. The van der Waals surface area contributed by atoms with Gasteiger partial charge in [-0.2, -0.15) is 0 Å². The molecule has 6 heteroatoms. The van der Waals surface area contributed by atoms with E-state index < -0.39 is 12.0 Å². The molecule has 0 bridgehead atoms. The van der Waals surface area contributed by atoms with Crippen LogP contribution in [0.3, 0.4) is 0 Å². The molecule has 1 fully saturated rings. The molecule has 2 atom stereocenters. The minimum atomic E-state index is -0.490. The van der Waals surface area contributed by atoms with Gasteiger partial charge in [-0.1, -0.05) is 6.92 Å². The number of Topliss-reactive ketones (excluding diaryl/α,β-unsaturated/α-hetero) is 1. The summed E-state index contributed by atoms with van der Waals surface area (Å²) in [7, 11) is 0. The SMILES string of the molecule is CCC(=O)c1ccc(OC(CC(N)=O)C(CO)CN2CCCC2)cc1. The summed E-state index contributed by atoms with van der Waals surface area (Å²) in [4.78, 5) is 25.4. The van der Waals surface area contributed by atoms with E-state index in [-0.39, 0.29) is 24.7 Å². The molecule has 1 saturated heterocycles. The number of rotatable bonds is 10. The van der Waals surface area contributed by atoms with Crippen LogP contribution in [-0.2, 0) is 4.79 Å². The zero-order valence-corrected chi connectivity index (χ0v) is 14.8. The molecule has 1 aromatic rings. The van der Waals surface area contributed by atoms with Gasteiger partial charge in [-0.15, -0.1) is 0 Å². The zero-order valence-electron chi connectivity index (χ0n) is 14.8. The molecule has 0 aromatic heterocycles. The summed E-state index contributed by atoms with van der Waals surface area (Å²) in [5.74, 6) is -0.00789. The van der Waals surface area contributed by atoms with E-state index in [0.29, 0.717) is 24.3 Å². The summed E-state index contributed by atoms with van der Waals surface area (Å²) < 4.78 is 5.96. The molecule has 1 amide bonds. The molecular formula is C19H28N2O4. The Morgan fingerprint density at radius 1 is 1.24 bits per heavy atom. The number of carbonyl (C=O) groups excluding carboxylic acids is 2. The lowest BCUT2D eigenvalue weighted by Gasteiger charge is -2.29. The number of likely N-dealkylation sites (tertiary alicyclic amines) is 1. The minimum absolute atomic E-state index is 0.0503. The number of amides is 1. The summed E-state index contributed by atoms with van der Waals surface area (Å²) in [6.07, 6.45) is 2.33. The van der Waals surface area contributed by atoms with Crippen LogP contribution in [0, 0.1) is 5.92 Å². The number of aliphatic hydroxyl groups excluding tert-OH is 1. The zero-order chi connectivity index (χ0) is 18.2. The van der Waals surface area contributed by atoms with Crippen LogP contribution >= 0.6 is 0 Å². The van der Waals surface area contributed by atoms with Crippen molar-refractivity contribution in [2.75, 3.05) is 26.2 Å². The molecule has 2 unspecified atom stereocenters. The van der Waals surface area contributed by atoms with E-state index in [2.05, 4.69) is 4.90 Å². The molecule has 1 aliphatic rings. The van der Waals surface area contributed by atoms with Gasteiger partial charge in [-0.05, 0) is 50.2 Å². The standard InChI is InChI=1S/C19H28N2O4/c1-2-17(23)14-5-7-16(8-6-14)25-18(11-19(20)24)15(13-22)12-21-9-3-4-10-21/h5-8,15,18,22H,2-4,9-13H2,1H3,(H2,20,24). The van der Waals surface area contributed by atoms with Crippen LogP contribution in [0.25, 0.3) is 0 Å². The summed E-state index contributed by atoms with van der Waals surface area (Å²) in [5, 5.41) is 9.79. The van der Waals surface area contributed by atoms with Gasteiger partial charge >= 0.3 is 0 Å². The Hall–Kier alpha value is -1.92. The van der Waals surface area contributed by atoms with Gasteiger partial charge in [0.2, 0.25) is 5.91 Å². The van der Waals surface area contributed by atoms with Crippen LogP contribution in [0.4, 0.5) is 0 Å². The van der Waals surface area contributed by atoms with E-state index in [1.807, 2.05) is 6.92 Å². The van der Waals surface area contributed by atoms with Crippen LogP contribution in [0.5, 0.6) is 5.75 Å². The lowest BCUT2D eigenvalue weighted by atomic mass is 9.99. The van der Waals surface area contributed by atoms with Gasteiger partial charge in [0.1, 0.15) is 11.9 Å². The summed E-state index contributed by atoms with van der Waals surface area (Å²) >= 11 is 0. The molecule has 1 aromatic carbocycles. The highest BCUT2D eigenvalue weighted by atomic mass is 16.5. The number of ether oxygens (including phenoxy) is 1. The Morgan fingerprint density at radius 2 is 1.88 bits per heavy atom. The van der Waals surface area contributed by atoms with E-state index in [9.17, 15) is 14.7 Å². The van der Waals surface area contributed by atoms with Crippen LogP contribution in [0.2, 0.25) is 0 Å². The maximum atomic E-state index is 11.7. The Kier molecular flexibility index (Phi) is 7.40. The minimum Gasteiger partial charge on any atom is -0.489 e. The monoisotopic (exact) mass is 348 g/mol. The number of hydrogen-bond acceptors (Lipinski definition) is 5. The lowest BCUT2D eigenvalue weighted by molar-refractivity contribution is -0.120. The van der Waals surface area contributed by atoms with E-state index >= 15 is 0 Å². The van der Waals surface area contributed by atoms with E-state index in [4.69, 9.17) is 10.5 Å². The molecule has 2 rings (SSSR count). The Balaban J connectivity index is 2.07. The molecule has 25 heavy (non-hydrogen) atoms. The number of benzene rings is 1. The van der Waals surface area contributed by atoms with Crippen LogP contribution in [-0.4, -0.2) is 54.0 Å². The van der Waals surface area contributed by atoms with Crippen LogP contribution in [0.1, 0.15) is 43.0 Å². The first kappa shape index (κ1) is 19.4. The summed E-state index contributed by atoms with van der Waals surface area (Å²) in [6, 6.07) is 6.89. The van der Waals surface area contributed by atoms with Crippen molar-refractivity contribution in [1.82, 2.24) is 4.90 Å². The second kappa shape index (κ2) is 9.53. The lowest BCUT2D eigenvalue weighted by Crippen LogP contribution is -2.40. The highest BCUT2D eigenvalue weighted by Gasteiger charge is 2.28. The van der Waals surface area contributed by atoms with Crippen molar-refractivity contribution in [1.29, 1.82) is 0 Å². The normalized spacial score (nSPS) is 17.2. The number of carbonyl (C=O) groups is 2. The smallest absolute Gasteiger partial charge is 0.221 e. The molecular weight excluding hydrogens is 320 g/mol. The molecule has 0 aliphatic carbocycles. The van der Waals surface area contributed by atoms with E-state index in [0.717, 1.165) is 25.9 Å². The van der Waals surface area contributed by atoms with Crippen LogP contribution < -0.4 is 10.5 Å². The van der Waals surface area contributed by atoms with Crippen molar-refractivity contribution in [3.05, 3.63) is 29.8 Å². The number of ketones is 1. The predicted octanol–water partition coefficient (Wildman–Crippen LogP) is 1.61. The van der Waals surface area contributed by atoms with Crippen molar-refractivity contribution in [3.63, 3.8) is 0 Å². The van der Waals surface area contributed by atoms with Gasteiger partial charge in [-0.3, -0.25) is 9.59 Å². The van der Waals surface area contributed by atoms with Gasteiger partial charge < -0.3 is 20.5 Å². The number of nitrogens with zero attached hydrogens (tertiary/aromatic N) is 1. The number of nitrogens with two attached hydrogens (primary N) is 1. The molecule has 1 heterocycles. The Labute approximate surface area is 149 Å². The second-order valence-electron chi connectivity index (χ2n) is 6.58. The largest absolute Gasteiger partial charge is 0.489 e. The fourth-order valence-electron chi connectivity index (χ4n) is 3.19. The molecule has 1 aliphatic heterocycles. The molecule has 6 nitrogen and oxygen atoms in total. The van der Waals surface area contributed by atoms with Gasteiger partial charge in [0.15, 0.2) is 5.78 Å². The number of aliphatic hydroxyl groups is 1. The first-order chi connectivity index (χ1) is 12.0. The van der Waals surface area contributed by atoms with Crippen molar-refractivity contribution in [2.45, 2.75) is 38.7 Å². The number of hydrogen-bond donors (Lipinski definition) is 2. The van der Waals surface area contributed by atoms with Crippen LogP contribution in [0.15, 0.2) is 24.3 Å². The fourth-order valence-corrected chi connectivity index (χ4v) is 3.19. The van der Waals surface area contributed by atoms with Gasteiger partial charge in [0.25, 0.3) is 0 Å². The van der Waals surface area contributed by atoms with Crippen molar-refractivity contribution in [2.24, 2.45) is 11.7 Å².